The number of benzene rings is 8. The predicted octanol–water partition coefficient (Wildman–Crippen LogP) is 19.4. The molecule has 0 atom stereocenters. The van der Waals surface area contributed by atoms with E-state index < -0.39 is 35.3 Å². The van der Waals surface area contributed by atoms with E-state index in [1.54, 1.807) is 122 Å². The van der Waals surface area contributed by atoms with Crippen molar-refractivity contribution in [2.45, 2.75) is 127 Å². The van der Waals surface area contributed by atoms with Gasteiger partial charge in [0.25, 0.3) is 22.2 Å². The molecule has 0 aliphatic carbocycles. The molecule has 640 valence electrons. The van der Waals surface area contributed by atoms with Gasteiger partial charge in [0, 0.05) is 83.3 Å². The lowest BCUT2D eigenvalue weighted by molar-refractivity contribution is 0.0786. The van der Waals surface area contributed by atoms with Gasteiger partial charge in [0.15, 0.2) is 19.7 Å². The summed E-state index contributed by atoms with van der Waals surface area (Å²) in [6, 6.07) is 52.6. The SMILES string of the molecule is CCS(=O)(=O)Cc1ccc(Oc2c(C)cccc2C)c(-c2cc(C)c3c(=O)[nH]ccn23)c1.CCS(=O)(=O)c1ccc(Oc2c(C)cccc2C)c(-c2cc(C)c3c(=O)[nH]ccn23)c1.Cc1cccc(C)c1Oc1ccc(C(C)(C)O)cc1-c1cc(C)c2c(=O)[nH]ccn12.Cc1cccc(C)c1Oc1ccc(NS(C)(=O)=O)cc1-c1cc(C)c2c(=O)[nH]ccn12. The lowest BCUT2D eigenvalue weighted by Gasteiger charge is -2.21. The molecule has 24 nitrogen and oxygen atoms in total. The van der Waals surface area contributed by atoms with Crippen LogP contribution in [0.15, 0.2) is 244 Å². The molecule has 16 aromatic rings. The first-order valence-corrected chi connectivity index (χ1v) is 45.5. The van der Waals surface area contributed by atoms with Crippen molar-refractivity contribution in [2.75, 3.05) is 22.5 Å². The van der Waals surface area contributed by atoms with E-state index >= 15 is 0 Å². The van der Waals surface area contributed by atoms with E-state index in [9.17, 15) is 49.5 Å². The second-order valence-electron chi connectivity index (χ2n) is 31.6. The highest BCUT2D eigenvalue weighted by atomic mass is 32.2. The van der Waals surface area contributed by atoms with Crippen molar-refractivity contribution in [1.29, 1.82) is 0 Å². The van der Waals surface area contributed by atoms with Gasteiger partial charge in [-0.25, -0.2) is 25.3 Å². The van der Waals surface area contributed by atoms with Crippen LogP contribution >= 0.6 is 0 Å². The molecule has 0 fully saturated rings. The summed E-state index contributed by atoms with van der Waals surface area (Å²) in [4.78, 5) is 60.6. The van der Waals surface area contributed by atoms with Gasteiger partial charge in [-0.2, -0.15) is 0 Å². The van der Waals surface area contributed by atoms with Gasteiger partial charge in [0.05, 0.1) is 51.0 Å². The molecule has 6 N–H and O–H groups in total. The maximum Gasteiger partial charge on any atom is 0.272 e. The zero-order valence-electron chi connectivity index (χ0n) is 72.1. The fourth-order valence-corrected chi connectivity index (χ4v) is 17.6. The third-order valence-electron chi connectivity index (χ3n) is 21.6. The molecule has 27 heteroatoms. The topological polar surface area (TPSA) is 321 Å². The highest BCUT2D eigenvalue weighted by molar-refractivity contribution is 7.92. The van der Waals surface area contributed by atoms with Crippen LogP contribution in [0.1, 0.15) is 106 Å². The number of para-hydroxylation sites is 4. The monoisotopic (exact) mass is 1730 g/mol. The molecule has 8 aromatic heterocycles. The molecule has 0 unspecified atom stereocenters. The molecular formula is C97H99N9O15S3. The Morgan fingerprint density at radius 2 is 0.661 bits per heavy atom. The lowest BCUT2D eigenvalue weighted by Crippen LogP contribution is -2.15. The van der Waals surface area contributed by atoms with E-state index in [0.717, 1.165) is 130 Å². The summed E-state index contributed by atoms with van der Waals surface area (Å²) in [6.07, 6.45) is 14.6. The molecule has 0 saturated heterocycles. The van der Waals surface area contributed by atoms with E-state index in [1.165, 1.54) is 0 Å². The van der Waals surface area contributed by atoms with Gasteiger partial charge in [0.1, 0.15) is 68.1 Å². The number of ether oxygens (including phenoxy) is 4. The van der Waals surface area contributed by atoms with Gasteiger partial charge < -0.3 is 61.6 Å². The number of sulfone groups is 2. The number of fused-ring (bicyclic) bond motifs is 4. The number of hydrogen-bond acceptors (Lipinski definition) is 15. The smallest absolute Gasteiger partial charge is 0.272 e. The van der Waals surface area contributed by atoms with Crippen LogP contribution in [0.3, 0.4) is 0 Å². The number of aliphatic hydroxyl groups is 1. The Labute approximate surface area is 719 Å². The van der Waals surface area contributed by atoms with Gasteiger partial charge in [-0.05, 0) is 260 Å². The average molecular weight is 1730 g/mol. The molecule has 16 rings (SSSR count). The largest absolute Gasteiger partial charge is 0.456 e. The number of nitrogens with zero attached hydrogens (tertiary/aromatic N) is 4. The van der Waals surface area contributed by atoms with E-state index in [0.29, 0.717) is 73.1 Å². The molecule has 0 amide bonds. The predicted molar refractivity (Wildman–Crippen MR) is 491 cm³/mol. The van der Waals surface area contributed by atoms with E-state index in [-0.39, 0.29) is 44.4 Å². The first-order chi connectivity index (χ1) is 58.7. The number of anilines is 1. The first-order valence-electron chi connectivity index (χ1n) is 40.2. The summed E-state index contributed by atoms with van der Waals surface area (Å²) < 4.78 is 108. The average Bonchev–Trinajstić information content (AvgIpc) is 1.61. The Morgan fingerprint density at radius 1 is 0.363 bits per heavy atom. The summed E-state index contributed by atoms with van der Waals surface area (Å²) in [5, 5.41) is 10.6. The number of aryl methyl sites for hydroxylation is 12. The zero-order chi connectivity index (χ0) is 89.3. The Balaban J connectivity index is 0.000000142. The van der Waals surface area contributed by atoms with Crippen molar-refractivity contribution < 1.29 is 49.3 Å². The molecule has 0 aliphatic heterocycles. The quantitative estimate of drug-likeness (QED) is 0.0413. The Hall–Kier alpha value is -13.5. The van der Waals surface area contributed by atoms with Crippen LogP contribution < -0.4 is 45.9 Å². The Bertz CT molecular complexity index is 7400. The van der Waals surface area contributed by atoms with Crippen LogP contribution in [-0.2, 0) is 41.1 Å². The van der Waals surface area contributed by atoms with E-state index in [4.69, 9.17) is 18.9 Å². The molecule has 0 spiro atoms. The minimum atomic E-state index is -3.46. The van der Waals surface area contributed by atoms with Crippen LogP contribution in [0.5, 0.6) is 46.0 Å². The van der Waals surface area contributed by atoms with Crippen LogP contribution in [0.4, 0.5) is 5.69 Å². The first kappa shape index (κ1) is 88.3. The number of nitrogens with one attached hydrogen (secondary N) is 5. The van der Waals surface area contributed by atoms with Crippen LogP contribution in [0, 0.1) is 83.1 Å². The fourth-order valence-electron chi connectivity index (χ4n) is 15.3. The molecule has 0 saturated carbocycles. The third-order valence-corrected chi connectivity index (χ3v) is 25.6. The van der Waals surface area contributed by atoms with Crippen molar-refractivity contribution in [1.82, 2.24) is 37.5 Å². The highest BCUT2D eigenvalue weighted by Gasteiger charge is 2.27. The summed E-state index contributed by atoms with van der Waals surface area (Å²) in [6.45, 7) is 30.2. The Morgan fingerprint density at radius 3 is 0.976 bits per heavy atom. The molecule has 0 aliphatic rings. The standard InChI is InChI=1S/C25H26N2O4S.C25H26N2O3.C24H24N2O4S.C23H23N3O4S/c1-5-32(29,30)15-19-9-10-22(31-24-16(2)7-6-8-17(24)3)20(14-19)21-13-18(4)23-25(28)26-11-12-27(21)23;1-15-7-6-8-16(2)23(15)30-21-10-9-18(25(4,5)29)14-19(21)20-13-17(3)22-24(28)26-11-12-27(20)22;1-5-31(28,29)18-9-10-21(30-23-15(2)7-6-8-16(23)3)19(14-18)20-13-17(4)22-24(27)25-11-12-26(20)22;1-14-6-5-7-15(2)22(14)30-20-9-8-17(25-31(4,28)29)13-18(20)19-12-16(3)21-23(27)24-10-11-26(19)21/h6-14H,5,15H2,1-4H3,(H,26,28);6-14,29H,1-5H3,(H,26,28);6-14H,5H2,1-4H3,(H,25,27);5-13,25H,1-4H3,(H,24,27). The molecular weight excluding hydrogens is 1630 g/mol. The number of rotatable bonds is 20. The van der Waals surface area contributed by atoms with Crippen molar-refractivity contribution in [3.05, 3.63) is 339 Å². The Kier molecular flexibility index (Phi) is 25.3. The maximum absolute atomic E-state index is 12.6. The summed E-state index contributed by atoms with van der Waals surface area (Å²) >= 11 is 0. The molecule has 0 bridgehead atoms. The number of H-pyrrole nitrogens is 4. The molecule has 8 heterocycles. The molecule has 8 aromatic carbocycles. The van der Waals surface area contributed by atoms with Crippen molar-refractivity contribution in [3.63, 3.8) is 0 Å². The second kappa shape index (κ2) is 35.5. The van der Waals surface area contributed by atoms with E-state index in [2.05, 4.69) is 24.7 Å². The molecule has 0 radical (unpaired) electrons. The van der Waals surface area contributed by atoms with E-state index in [1.807, 2.05) is 225 Å². The highest BCUT2D eigenvalue weighted by Crippen LogP contribution is 2.45. The third kappa shape index (κ3) is 18.8. The van der Waals surface area contributed by atoms with Crippen molar-refractivity contribution in [3.8, 4) is 91.0 Å². The minimum Gasteiger partial charge on any atom is -0.456 e. The van der Waals surface area contributed by atoms with Crippen LogP contribution in [0.2, 0.25) is 0 Å². The van der Waals surface area contributed by atoms with Crippen LogP contribution in [0.25, 0.3) is 67.1 Å². The lowest BCUT2D eigenvalue weighted by atomic mass is 9.95. The van der Waals surface area contributed by atoms with Gasteiger partial charge in [-0.3, -0.25) is 23.9 Å². The summed E-state index contributed by atoms with van der Waals surface area (Å²) in [5.74, 6) is 5.39. The number of hydrogen-bond donors (Lipinski definition) is 6. The number of aromatic nitrogens is 8. The maximum atomic E-state index is 12.6. The molecule has 124 heavy (non-hydrogen) atoms. The zero-order valence-corrected chi connectivity index (χ0v) is 74.5. The number of sulfonamides is 1. The number of aromatic amines is 4. The van der Waals surface area contributed by atoms with Crippen molar-refractivity contribution >= 4 is 57.5 Å². The minimum absolute atomic E-state index is 0.00283. The van der Waals surface area contributed by atoms with Gasteiger partial charge >= 0.3 is 0 Å². The fraction of sp³-hybridized carbons (Fsp3) is 0.216. The van der Waals surface area contributed by atoms with Crippen molar-refractivity contribution in [2.24, 2.45) is 0 Å². The summed E-state index contributed by atoms with van der Waals surface area (Å²) in [7, 11) is -10.1. The van der Waals surface area contributed by atoms with Crippen LogP contribution in [-0.4, -0.2) is 85.7 Å². The van der Waals surface area contributed by atoms with Gasteiger partial charge in [0.2, 0.25) is 10.0 Å². The normalized spacial score (nSPS) is 11.7. The second-order valence-corrected chi connectivity index (χ2v) is 38.0. The van der Waals surface area contributed by atoms with Gasteiger partial charge in [-0.15, -0.1) is 0 Å². The summed E-state index contributed by atoms with van der Waals surface area (Å²) in [5.41, 5.74) is 19.4. The van der Waals surface area contributed by atoms with Gasteiger partial charge in [-0.1, -0.05) is 98.8 Å².